The van der Waals surface area contributed by atoms with Crippen molar-refractivity contribution in [3.05, 3.63) is 65.7 Å². The Hall–Kier alpha value is -2.29. The summed E-state index contributed by atoms with van der Waals surface area (Å²) < 4.78 is 5.27. The second kappa shape index (κ2) is 6.86. The Morgan fingerprint density at radius 1 is 1.17 bits per heavy atom. The van der Waals surface area contributed by atoms with Crippen molar-refractivity contribution in [2.24, 2.45) is 5.92 Å². The lowest BCUT2D eigenvalue weighted by molar-refractivity contribution is -0.132. The summed E-state index contributed by atoms with van der Waals surface area (Å²) in [4.78, 5) is 14.8. The zero-order chi connectivity index (χ0) is 16.2. The number of methoxy groups -OCH3 is 1. The number of rotatable bonds is 5. The molecule has 3 rings (SSSR count). The highest BCUT2D eigenvalue weighted by Gasteiger charge is 2.34. The van der Waals surface area contributed by atoms with Crippen LogP contribution in [0.1, 0.15) is 30.5 Å². The average Bonchev–Trinajstić information content (AvgIpc) is 2.96. The van der Waals surface area contributed by atoms with Crippen molar-refractivity contribution in [1.82, 2.24) is 4.90 Å². The molecule has 1 heterocycles. The molecule has 1 amide bonds. The topological polar surface area (TPSA) is 29.5 Å². The van der Waals surface area contributed by atoms with Gasteiger partial charge in [-0.2, -0.15) is 0 Å². The third-order valence-electron chi connectivity index (χ3n) is 4.72. The predicted molar refractivity (Wildman–Crippen MR) is 91.4 cm³/mol. The van der Waals surface area contributed by atoms with Gasteiger partial charge in [0, 0.05) is 12.5 Å². The van der Waals surface area contributed by atoms with Crippen molar-refractivity contribution in [3.8, 4) is 5.75 Å². The van der Waals surface area contributed by atoms with E-state index in [0.29, 0.717) is 0 Å². The Kier molecular flexibility index (Phi) is 4.65. The third-order valence-corrected chi connectivity index (χ3v) is 4.72. The molecule has 0 N–H and O–H groups in total. The molecule has 0 bridgehead atoms. The van der Waals surface area contributed by atoms with Gasteiger partial charge in [0.15, 0.2) is 0 Å². The highest BCUT2D eigenvalue weighted by Crippen LogP contribution is 2.30. The number of nitrogens with zero attached hydrogens (tertiary/aromatic N) is 1. The van der Waals surface area contributed by atoms with E-state index in [9.17, 15) is 4.79 Å². The minimum absolute atomic E-state index is 0.0771. The number of hydrogen-bond acceptors (Lipinski definition) is 2. The van der Waals surface area contributed by atoms with Gasteiger partial charge in [-0.15, -0.1) is 0 Å². The third kappa shape index (κ3) is 3.39. The summed E-state index contributed by atoms with van der Waals surface area (Å²) in [6, 6.07) is 18.4. The van der Waals surface area contributed by atoms with E-state index >= 15 is 0 Å². The molecule has 120 valence electrons. The maximum Gasteiger partial charge on any atom is 0.226 e. The van der Waals surface area contributed by atoms with Gasteiger partial charge < -0.3 is 9.64 Å². The second-order valence-electron chi connectivity index (χ2n) is 6.16. The quantitative estimate of drug-likeness (QED) is 0.839. The Bertz CT molecular complexity index is 668. The first-order valence-electron chi connectivity index (χ1n) is 8.17. The van der Waals surface area contributed by atoms with Crippen LogP contribution < -0.4 is 4.74 Å². The van der Waals surface area contributed by atoms with Gasteiger partial charge >= 0.3 is 0 Å². The minimum Gasteiger partial charge on any atom is -0.497 e. The fourth-order valence-electron chi connectivity index (χ4n) is 3.33. The highest BCUT2D eigenvalue weighted by molar-refractivity contribution is 5.81. The van der Waals surface area contributed by atoms with Crippen LogP contribution in [-0.4, -0.2) is 24.5 Å². The molecule has 1 saturated heterocycles. The Balaban J connectivity index is 1.69. The SMILES string of the molecule is COc1cccc(C[C@H]2CCN([C@@H](C)c3ccccc3)C2=O)c1. The first kappa shape index (κ1) is 15.6. The maximum atomic E-state index is 12.8. The van der Waals surface area contributed by atoms with E-state index in [1.165, 1.54) is 5.56 Å². The van der Waals surface area contributed by atoms with Crippen LogP contribution in [0.2, 0.25) is 0 Å². The molecule has 1 aliphatic heterocycles. The van der Waals surface area contributed by atoms with Gasteiger partial charge in [-0.3, -0.25) is 4.79 Å². The van der Waals surface area contributed by atoms with Crippen LogP contribution in [0.4, 0.5) is 0 Å². The molecule has 0 aliphatic carbocycles. The van der Waals surface area contributed by atoms with E-state index in [-0.39, 0.29) is 17.9 Å². The number of ether oxygens (including phenoxy) is 1. The molecule has 0 unspecified atom stereocenters. The smallest absolute Gasteiger partial charge is 0.226 e. The Morgan fingerprint density at radius 3 is 2.70 bits per heavy atom. The van der Waals surface area contributed by atoms with Crippen molar-refractivity contribution < 1.29 is 9.53 Å². The number of carbonyl (C=O) groups is 1. The second-order valence-corrected chi connectivity index (χ2v) is 6.16. The van der Waals surface area contributed by atoms with Crippen LogP contribution in [-0.2, 0) is 11.2 Å². The van der Waals surface area contributed by atoms with Gasteiger partial charge in [0.1, 0.15) is 5.75 Å². The van der Waals surface area contributed by atoms with Gasteiger partial charge in [-0.1, -0.05) is 42.5 Å². The molecule has 2 aromatic carbocycles. The van der Waals surface area contributed by atoms with Crippen LogP contribution >= 0.6 is 0 Å². The number of likely N-dealkylation sites (tertiary alicyclic amines) is 1. The van der Waals surface area contributed by atoms with Crippen molar-refractivity contribution >= 4 is 5.91 Å². The predicted octanol–water partition coefficient (Wildman–Crippen LogP) is 3.85. The van der Waals surface area contributed by atoms with Crippen molar-refractivity contribution in [3.63, 3.8) is 0 Å². The van der Waals surface area contributed by atoms with Gasteiger partial charge in [0.05, 0.1) is 13.2 Å². The fraction of sp³-hybridized carbons (Fsp3) is 0.350. The number of benzene rings is 2. The van der Waals surface area contributed by atoms with Crippen molar-refractivity contribution in [1.29, 1.82) is 0 Å². The summed E-state index contributed by atoms with van der Waals surface area (Å²) in [5, 5.41) is 0. The molecule has 2 aromatic rings. The summed E-state index contributed by atoms with van der Waals surface area (Å²) in [7, 11) is 1.67. The fourth-order valence-corrected chi connectivity index (χ4v) is 3.33. The largest absolute Gasteiger partial charge is 0.497 e. The van der Waals surface area contributed by atoms with Gasteiger partial charge in [-0.05, 0) is 43.0 Å². The van der Waals surface area contributed by atoms with Crippen LogP contribution in [0.25, 0.3) is 0 Å². The zero-order valence-electron chi connectivity index (χ0n) is 13.7. The van der Waals surface area contributed by atoms with Crippen LogP contribution in [0.3, 0.4) is 0 Å². The first-order valence-corrected chi connectivity index (χ1v) is 8.17. The molecule has 0 radical (unpaired) electrons. The first-order chi connectivity index (χ1) is 11.2. The lowest BCUT2D eigenvalue weighted by Gasteiger charge is -2.25. The molecular formula is C20H23NO2. The monoisotopic (exact) mass is 309 g/mol. The van der Waals surface area contributed by atoms with E-state index in [1.807, 2.05) is 41.3 Å². The molecule has 3 nitrogen and oxygen atoms in total. The summed E-state index contributed by atoms with van der Waals surface area (Å²) in [5.41, 5.74) is 2.36. The number of carbonyl (C=O) groups excluding carboxylic acids is 1. The molecule has 0 aromatic heterocycles. The van der Waals surface area contributed by atoms with Gasteiger partial charge in [-0.25, -0.2) is 0 Å². The molecule has 1 aliphatic rings. The van der Waals surface area contributed by atoms with Crippen LogP contribution in [0.15, 0.2) is 54.6 Å². The van der Waals surface area contributed by atoms with Crippen LogP contribution in [0, 0.1) is 5.92 Å². The molecule has 0 saturated carbocycles. The van der Waals surface area contributed by atoms with E-state index < -0.39 is 0 Å². The van der Waals surface area contributed by atoms with Crippen molar-refractivity contribution in [2.75, 3.05) is 13.7 Å². The molecular weight excluding hydrogens is 286 g/mol. The molecule has 23 heavy (non-hydrogen) atoms. The summed E-state index contributed by atoms with van der Waals surface area (Å²) in [6.45, 7) is 2.95. The van der Waals surface area contributed by atoms with Crippen molar-refractivity contribution in [2.45, 2.75) is 25.8 Å². The standard InChI is InChI=1S/C20H23NO2/c1-15(17-8-4-3-5-9-17)21-12-11-18(20(21)22)13-16-7-6-10-19(14-16)23-2/h3-10,14-15,18H,11-13H2,1-2H3/t15-,18+/m0/s1. The lowest BCUT2D eigenvalue weighted by Crippen LogP contribution is -2.30. The Labute approximate surface area is 137 Å². The lowest BCUT2D eigenvalue weighted by atomic mass is 9.98. The van der Waals surface area contributed by atoms with Crippen LogP contribution in [0.5, 0.6) is 5.75 Å². The van der Waals surface area contributed by atoms with Gasteiger partial charge in [0.2, 0.25) is 5.91 Å². The normalized spacial score (nSPS) is 19.0. The minimum atomic E-state index is 0.0771. The number of hydrogen-bond donors (Lipinski definition) is 0. The Morgan fingerprint density at radius 2 is 1.96 bits per heavy atom. The summed E-state index contributed by atoms with van der Waals surface area (Å²) >= 11 is 0. The molecule has 1 fully saturated rings. The summed E-state index contributed by atoms with van der Waals surface area (Å²) in [6.07, 6.45) is 1.71. The van der Waals surface area contributed by atoms with E-state index in [2.05, 4.69) is 25.1 Å². The number of amides is 1. The van der Waals surface area contributed by atoms with Gasteiger partial charge in [0.25, 0.3) is 0 Å². The van der Waals surface area contributed by atoms with E-state index in [1.54, 1.807) is 7.11 Å². The maximum absolute atomic E-state index is 12.8. The average molecular weight is 309 g/mol. The highest BCUT2D eigenvalue weighted by atomic mass is 16.5. The summed E-state index contributed by atoms with van der Waals surface area (Å²) in [5.74, 6) is 1.19. The molecule has 3 heteroatoms. The zero-order valence-corrected chi connectivity index (χ0v) is 13.7. The van der Waals surface area contributed by atoms with E-state index in [0.717, 1.165) is 30.7 Å². The van der Waals surface area contributed by atoms with E-state index in [4.69, 9.17) is 4.74 Å². The molecule has 0 spiro atoms. The molecule has 2 atom stereocenters.